The standard InChI is InChI=1S/C21H23BrN2O2/c1-12-5-6-18(13(2)7-12)24-11-16(10-19(24)25)21(26)23-17-8-14(3)20(22)15(4)9-17/h5-9,16H,10-11H2,1-4H3,(H,23,26)/t16-/m0/s1. The van der Waals surface area contributed by atoms with E-state index in [4.69, 9.17) is 0 Å². The number of nitrogens with one attached hydrogen (secondary N) is 1. The molecule has 1 aliphatic rings. The zero-order chi connectivity index (χ0) is 19.0. The number of rotatable bonds is 3. The van der Waals surface area contributed by atoms with E-state index in [-0.39, 0.29) is 24.2 Å². The van der Waals surface area contributed by atoms with Crippen molar-refractivity contribution in [3.63, 3.8) is 0 Å². The van der Waals surface area contributed by atoms with Crippen LogP contribution in [0.15, 0.2) is 34.8 Å². The second-order valence-electron chi connectivity index (χ2n) is 7.11. The Labute approximate surface area is 162 Å². The monoisotopic (exact) mass is 414 g/mol. The normalized spacial score (nSPS) is 16.9. The Morgan fingerprint density at radius 3 is 2.35 bits per heavy atom. The Bertz CT molecular complexity index is 869. The number of anilines is 2. The van der Waals surface area contributed by atoms with Gasteiger partial charge in [0.15, 0.2) is 0 Å². The quantitative estimate of drug-likeness (QED) is 0.792. The van der Waals surface area contributed by atoms with Gasteiger partial charge in [0.2, 0.25) is 11.8 Å². The molecule has 2 aromatic carbocycles. The second kappa shape index (κ2) is 7.23. The van der Waals surface area contributed by atoms with E-state index in [1.807, 2.05) is 52.0 Å². The maximum absolute atomic E-state index is 12.7. The molecule has 1 aliphatic heterocycles. The summed E-state index contributed by atoms with van der Waals surface area (Å²) in [5.41, 5.74) is 6.02. The Kier molecular flexibility index (Phi) is 5.19. The molecule has 1 fully saturated rings. The van der Waals surface area contributed by atoms with Gasteiger partial charge in [-0.25, -0.2) is 0 Å². The summed E-state index contributed by atoms with van der Waals surface area (Å²) >= 11 is 3.54. The maximum Gasteiger partial charge on any atom is 0.229 e. The number of carbonyl (C=O) groups is 2. The lowest BCUT2D eigenvalue weighted by Crippen LogP contribution is -2.28. The van der Waals surface area contributed by atoms with Crippen molar-refractivity contribution in [3.05, 3.63) is 57.1 Å². The number of aryl methyl sites for hydroxylation is 4. The highest BCUT2D eigenvalue weighted by Crippen LogP contribution is 2.30. The third kappa shape index (κ3) is 3.68. The zero-order valence-electron chi connectivity index (χ0n) is 15.5. The van der Waals surface area contributed by atoms with Gasteiger partial charge in [-0.3, -0.25) is 9.59 Å². The first-order valence-corrected chi connectivity index (χ1v) is 9.51. The van der Waals surface area contributed by atoms with Crippen molar-refractivity contribution in [2.75, 3.05) is 16.8 Å². The number of carbonyl (C=O) groups excluding carboxylic acids is 2. The molecule has 26 heavy (non-hydrogen) atoms. The fraction of sp³-hybridized carbons (Fsp3) is 0.333. The fourth-order valence-electron chi connectivity index (χ4n) is 3.49. The number of benzene rings is 2. The summed E-state index contributed by atoms with van der Waals surface area (Å²) in [5, 5.41) is 2.97. The minimum Gasteiger partial charge on any atom is -0.326 e. The van der Waals surface area contributed by atoms with Crippen LogP contribution >= 0.6 is 15.9 Å². The molecule has 2 amide bonds. The van der Waals surface area contributed by atoms with Gasteiger partial charge in [-0.05, 0) is 62.6 Å². The highest BCUT2D eigenvalue weighted by molar-refractivity contribution is 9.10. The third-order valence-electron chi connectivity index (χ3n) is 4.84. The summed E-state index contributed by atoms with van der Waals surface area (Å²) in [6.45, 7) is 8.43. The van der Waals surface area contributed by atoms with Crippen molar-refractivity contribution in [2.24, 2.45) is 5.92 Å². The third-order valence-corrected chi connectivity index (χ3v) is 6.09. The van der Waals surface area contributed by atoms with E-state index in [9.17, 15) is 9.59 Å². The van der Waals surface area contributed by atoms with Gasteiger partial charge < -0.3 is 10.2 Å². The van der Waals surface area contributed by atoms with Gasteiger partial charge in [0.25, 0.3) is 0 Å². The first kappa shape index (κ1) is 18.6. The number of halogens is 1. The molecule has 0 bridgehead atoms. The highest BCUT2D eigenvalue weighted by Gasteiger charge is 2.35. The average Bonchev–Trinajstić information content (AvgIpc) is 2.94. The van der Waals surface area contributed by atoms with E-state index in [0.29, 0.717) is 6.54 Å². The SMILES string of the molecule is Cc1ccc(N2C[C@@H](C(=O)Nc3cc(C)c(Br)c(C)c3)CC2=O)c(C)c1. The smallest absolute Gasteiger partial charge is 0.229 e. The van der Waals surface area contributed by atoms with Crippen LogP contribution in [0.1, 0.15) is 28.7 Å². The van der Waals surface area contributed by atoms with Gasteiger partial charge in [0.1, 0.15) is 0 Å². The van der Waals surface area contributed by atoms with E-state index in [1.165, 1.54) is 0 Å². The summed E-state index contributed by atoms with van der Waals surface area (Å²) in [4.78, 5) is 26.9. The van der Waals surface area contributed by atoms with Crippen LogP contribution in [-0.4, -0.2) is 18.4 Å². The lowest BCUT2D eigenvalue weighted by molar-refractivity contribution is -0.122. The summed E-state index contributed by atoms with van der Waals surface area (Å²) in [7, 11) is 0. The van der Waals surface area contributed by atoms with Crippen LogP contribution in [0.5, 0.6) is 0 Å². The molecule has 2 aromatic rings. The molecule has 0 aliphatic carbocycles. The topological polar surface area (TPSA) is 49.4 Å². The molecular formula is C21H23BrN2O2. The van der Waals surface area contributed by atoms with Crippen LogP contribution in [0, 0.1) is 33.6 Å². The van der Waals surface area contributed by atoms with Gasteiger partial charge in [0.05, 0.1) is 5.92 Å². The highest BCUT2D eigenvalue weighted by atomic mass is 79.9. The maximum atomic E-state index is 12.7. The number of hydrogen-bond donors (Lipinski definition) is 1. The fourth-order valence-corrected chi connectivity index (χ4v) is 3.72. The van der Waals surface area contributed by atoms with Crippen LogP contribution < -0.4 is 10.2 Å². The molecule has 0 spiro atoms. The van der Waals surface area contributed by atoms with Crippen molar-refractivity contribution in [2.45, 2.75) is 34.1 Å². The number of amides is 2. The molecule has 0 saturated carbocycles. The van der Waals surface area contributed by atoms with Crippen LogP contribution in [0.3, 0.4) is 0 Å². The van der Waals surface area contributed by atoms with Crippen molar-refractivity contribution in [1.29, 1.82) is 0 Å². The molecule has 1 saturated heterocycles. The van der Waals surface area contributed by atoms with Crippen molar-refractivity contribution < 1.29 is 9.59 Å². The Balaban J connectivity index is 1.75. The van der Waals surface area contributed by atoms with Gasteiger partial charge in [-0.15, -0.1) is 0 Å². The molecule has 0 aromatic heterocycles. The lowest BCUT2D eigenvalue weighted by Gasteiger charge is -2.19. The lowest BCUT2D eigenvalue weighted by atomic mass is 10.1. The summed E-state index contributed by atoms with van der Waals surface area (Å²) < 4.78 is 1.05. The summed E-state index contributed by atoms with van der Waals surface area (Å²) in [6, 6.07) is 9.89. The molecule has 1 heterocycles. The first-order chi connectivity index (χ1) is 12.3. The number of nitrogens with zero attached hydrogens (tertiary/aromatic N) is 1. The number of hydrogen-bond acceptors (Lipinski definition) is 2. The Morgan fingerprint density at radius 2 is 1.73 bits per heavy atom. The van der Waals surface area contributed by atoms with Crippen LogP contribution in [0.25, 0.3) is 0 Å². The largest absolute Gasteiger partial charge is 0.326 e. The first-order valence-electron chi connectivity index (χ1n) is 8.71. The molecular weight excluding hydrogens is 392 g/mol. The van der Waals surface area contributed by atoms with Gasteiger partial charge >= 0.3 is 0 Å². The summed E-state index contributed by atoms with van der Waals surface area (Å²) in [5.74, 6) is -0.445. The van der Waals surface area contributed by atoms with E-state index >= 15 is 0 Å². The van der Waals surface area contributed by atoms with Gasteiger partial charge in [0, 0.05) is 28.8 Å². The van der Waals surface area contributed by atoms with Crippen LogP contribution in [0.4, 0.5) is 11.4 Å². The zero-order valence-corrected chi connectivity index (χ0v) is 17.1. The molecule has 0 unspecified atom stereocenters. The summed E-state index contributed by atoms with van der Waals surface area (Å²) in [6.07, 6.45) is 0.244. The van der Waals surface area contributed by atoms with E-state index in [0.717, 1.165) is 38.1 Å². The molecule has 5 heteroatoms. The van der Waals surface area contributed by atoms with Crippen molar-refractivity contribution >= 4 is 39.1 Å². The van der Waals surface area contributed by atoms with Crippen molar-refractivity contribution in [3.8, 4) is 0 Å². The van der Waals surface area contributed by atoms with E-state index in [2.05, 4.69) is 27.3 Å². The molecule has 4 nitrogen and oxygen atoms in total. The molecule has 3 rings (SSSR count). The van der Waals surface area contributed by atoms with E-state index in [1.54, 1.807) is 4.90 Å². The molecule has 1 atom stereocenters. The molecule has 1 N–H and O–H groups in total. The Morgan fingerprint density at radius 1 is 1.08 bits per heavy atom. The predicted molar refractivity (Wildman–Crippen MR) is 109 cm³/mol. The molecule has 136 valence electrons. The Hall–Kier alpha value is -2.14. The van der Waals surface area contributed by atoms with E-state index < -0.39 is 0 Å². The minimum absolute atomic E-state index is 0.000250. The van der Waals surface area contributed by atoms with Gasteiger partial charge in [-0.2, -0.15) is 0 Å². The van der Waals surface area contributed by atoms with Crippen LogP contribution in [0.2, 0.25) is 0 Å². The van der Waals surface area contributed by atoms with Crippen molar-refractivity contribution in [1.82, 2.24) is 0 Å². The molecule has 0 radical (unpaired) electrons. The average molecular weight is 415 g/mol. The predicted octanol–water partition coefficient (Wildman–Crippen LogP) is 4.67. The van der Waals surface area contributed by atoms with Crippen LogP contribution in [-0.2, 0) is 9.59 Å². The minimum atomic E-state index is -0.340. The second-order valence-corrected chi connectivity index (χ2v) is 7.90. The van der Waals surface area contributed by atoms with Gasteiger partial charge in [-0.1, -0.05) is 33.6 Å².